The second-order valence-electron chi connectivity index (χ2n) is 3.38. The van der Waals surface area contributed by atoms with Crippen LogP contribution in [0.15, 0.2) is 24.3 Å². The van der Waals surface area contributed by atoms with Gasteiger partial charge in [0.25, 0.3) is 0 Å². The first-order chi connectivity index (χ1) is 7.77. The van der Waals surface area contributed by atoms with Gasteiger partial charge in [-0.15, -0.1) is 0 Å². The van der Waals surface area contributed by atoms with E-state index in [0.29, 0.717) is 30.5 Å². The summed E-state index contributed by atoms with van der Waals surface area (Å²) in [6.45, 7) is 3.71. The van der Waals surface area contributed by atoms with Crippen molar-refractivity contribution >= 4 is 11.6 Å². The average Bonchev–Trinajstić information content (AvgIpc) is 2.30. The number of nitrogens with two attached hydrogens (primary N) is 1. The summed E-state index contributed by atoms with van der Waals surface area (Å²) < 4.78 is 11.0. The van der Waals surface area contributed by atoms with E-state index in [0.717, 1.165) is 6.42 Å². The van der Waals surface area contributed by atoms with Crippen LogP contribution < -0.4 is 10.5 Å². The Labute approximate surface area is 101 Å². The second-order valence-corrected chi connectivity index (χ2v) is 3.79. The van der Waals surface area contributed by atoms with Crippen LogP contribution in [0, 0.1) is 0 Å². The van der Waals surface area contributed by atoms with E-state index in [4.69, 9.17) is 26.8 Å². The van der Waals surface area contributed by atoms with Crippen LogP contribution >= 0.6 is 11.6 Å². The minimum atomic E-state index is 0.0625. The Kier molecular flexibility index (Phi) is 6.23. The molecule has 1 aromatic carbocycles. The van der Waals surface area contributed by atoms with Gasteiger partial charge in [-0.25, -0.2) is 0 Å². The van der Waals surface area contributed by atoms with Crippen molar-refractivity contribution in [2.75, 3.05) is 19.8 Å². The fourth-order valence-corrected chi connectivity index (χ4v) is 1.56. The van der Waals surface area contributed by atoms with Crippen LogP contribution in [0.25, 0.3) is 0 Å². The minimum absolute atomic E-state index is 0.0625. The standard InChI is InChI=1S/C12H18ClNO2/c1-2-15-10(9-14)7-8-16-12-6-4-3-5-11(12)13/h3-6,10H,2,7-9,14H2,1H3. The highest BCUT2D eigenvalue weighted by atomic mass is 35.5. The average molecular weight is 244 g/mol. The normalized spacial score (nSPS) is 12.4. The summed E-state index contributed by atoms with van der Waals surface area (Å²) in [5.41, 5.74) is 5.56. The lowest BCUT2D eigenvalue weighted by Gasteiger charge is -2.15. The van der Waals surface area contributed by atoms with Crippen LogP contribution in [0.3, 0.4) is 0 Å². The largest absolute Gasteiger partial charge is 0.492 e. The van der Waals surface area contributed by atoms with Crippen LogP contribution in [0.4, 0.5) is 0 Å². The number of ether oxygens (including phenoxy) is 2. The lowest BCUT2D eigenvalue weighted by molar-refractivity contribution is 0.0527. The quantitative estimate of drug-likeness (QED) is 0.800. The van der Waals surface area contributed by atoms with Crippen molar-refractivity contribution < 1.29 is 9.47 Å². The van der Waals surface area contributed by atoms with Gasteiger partial charge in [-0.2, -0.15) is 0 Å². The predicted molar refractivity (Wildman–Crippen MR) is 66.0 cm³/mol. The summed E-state index contributed by atoms with van der Waals surface area (Å²) in [5, 5.41) is 0.628. The van der Waals surface area contributed by atoms with Gasteiger partial charge < -0.3 is 15.2 Å². The molecule has 1 aromatic rings. The Morgan fingerprint density at radius 2 is 2.12 bits per heavy atom. The molecule has 0 saturated heterocycles. The molecule has 2 N–H and O–H groups in total. The first kappa shape index (κ1) is 13.3. The summed E-state index contributed by atoms with van der Waals surface area (Å²) in [7, 11) is 0. The fraction of sp³-hybridized carbons (Fsp3) is 0.500. The first-order valence-electron chi connectivity index (χ1n) is 5.47. The van der Waals surface area contributed by atoms with Crippen molar-refractivity contribution in [3.63, 3.8) is 0 Å². The Morgan fingerprint density at radius 3 is 2.75 bits per heavy atom. The topological polar surface area (TPSA) is 44.5 Å². The second kappa shape index (κ2) is 7.49. The molecule has 3 nitrogen and oxygen atoms in total. The molecule has 0 saturated carbocycles. The summed E-state index contributed by atoms with van der Waals surface area (Å²) in [5.74, 6) is 0.705. The van der Waals surface area contributed by atoms with Crippen molar-refractivity contribution in [3.8, 4) is 5.75 Å². The predicted octanol–water partition coefficient (Wildman–Crippen LogP) is 2.47. The Hall–Kier alpha value is -0.770. The molecular weight excluding hydrogens is 226 g/mol. The van der Waals surface area contributed by atoms with Crippen molar-refractivity contribution in [2.45, 2.75) is 19.4 Å². The number of hydrogen-bond donors (Lipinski definition) is 1. The van der Waals surface area contributed by atoms with Gasteiger partial charge >= 0.3 is 0 Å². The molecule has 0 bridgehead atoms. The van der Waals surface area contributed by atoms with Crippen LogP contribution in [0.5, 0.6) is 5.75 Å². The van der Waals surface area contributed by atoms with E-state index in [1.54, 1.807) is 6.07 Å². The zero-order valence-corrected chi connectivity index (χ0v) is 10.2. The molecule has 0 aliphatic heterocycles. The van der Waals surface area contributed by atoms with Crippen molar-refractivity contribution in [1.29, 1.82) is 0 Å². The van der Waals surface area contributed by atoms with E-state index in [1.807, 2.05) is 25.1 Å². The zero-order valence-electron chi connectivity index (χ0n) is 9.49. The maximum absolute atomic E-state index is 5.95. The molecule has 1 atom stereocenters. The van der Waals surface area contributed by atoms with E-state index in [1.165, 1.54) is 0 Å². The molecule has 1 unspecified atom stereocenters. The third-order valence-corrected chi connectivity index (χ3v) is 2.51. The van der Waals surface area contributed by atoms with E-state index in [2.05, 4.69) is 0 Å². The van der Waals surface area contributed by atoms with Gasteiger partial charge in [0.2, 0.25) is 0 Å². The lowest BCUT2D eigenvalue weighted by atomic mass is 10.2. The van der Waals surface area contributed by atoms with Crippen LogP contribution in [-0.2, 0) is 4.74 Å². The molecule has 0 fully saturated rings. The molecule has 16 heavy (non-hydrogen) atoms. The fourth-order valence-electron chi connectivity index (χ4n) is 1.37. The molecule has 1 rings (SSSR count). The van der Waals surface area contributed by atoms with Crippen LogP contribution in [0.2, 0.25) is 5.02 Å². The lowest BCUT2D eigenvalue weighted by Crippen LogP contribution is -2.25. The third kappa shape index (κ3) is 4.39. The van der Waals surface area contributed by atoms with Crippen molar-refractivity contribution in [3.05, 3.63) is 29.3 Å². The Balaban J connectivity index is 2.32. The third-order valence-electron chi connectivity index (χ3n) is 2.20. The van der Waals surface area contributed by atoms with E-state index in [-0.39, 0.29) is 6.10 Å². The van der Waals surface area contributed by atoms with E-state index >= 15 is 0 Å². The number of benzene rings is 1. The van der Waals surface area contributed by atoms with Gasteiger partial charge in [-0.05, 0) is 19.1 Å². The van der Waals surface area contributed by atoms with Gasteiger partial charge in [0.1, 0.15) is 5.75 Å². The van der Waals surface area contributed by atoms with Gasteiger partial charge in [0.05, 0.1) is 17.7 Å². The Morgan fingerprint density at radius 1 is 1.38 bits per heavy atom. The van der Waals surface area contributed by atoms with Gasteiger partial charge in [-0.1, -0.05) is 23.7 Å². The van der Waals surface area contributed by atoms with E-state index in [9.17, 15) is 0 Å². The molecule has 4 heteroatoms. The number of rotatable bonds is 7. The summed E-state index contributed by atoms with van der Waals surface area (Å²) in [6, 6.07) is 7.42. The van der Waals surface area contributed by atoms with E-state index < -0.39 is 0 Å². The highest BCUT2D eigenvalue weighted by molar-refractivity contribution is 6.32. The SMILES string of the molecule is CCOC(CN)CCOc1ccccc1Cl. The summed E-state index contributed by atoms with van der Waals surface area (Å²) >= 11 is 5.95. The van der Waals surface area contributed by atoms with Crippen molar-refractivity contribution in [2.24, 2.45) is 5.73 Å². The number of hydrogen-bond acceptors (Lipinski definition) is 3. The maximum atomic E-state index is 5.95. The summed E-state index contributed by atoms with van der Waals surface area (Å²) in [6.07, 6.45) is 0.836. The molecule has 90 valence electrons. The highest BCUT2D eigenvalue weighted by Crippen LogP contribution is 2.23. The summed E-state index contributed by atoms with van der Waals surface area (Å²) in [4.78, 5) is 0. The van der Waals surface area contributed by atoms with Crippen molar-refractivity contribution in [1.82, 2.24) is 0 Å². The molecule has 0 radical (unpaired) electrons. The number of halogens is 1. The molecule has 0 aliphatic rings. The van der Waals surface area contributed by atoms with Gasteiger partial charge in [0.15, 0.2) is 0 Å². The van der Waals surface area contributed by atoms with Crippen LogP contribution in [0.1, 0.15) is 13.3 Å². The molecular formula is C12H18ClNO2. The zero-order chi connectivity index (χ0) is 11.8. The molecule has 0 heterocycles. The van der Waals surface area contributed by atoms with Gasteiger partial charge in [0, 0.05) is 19.6 Å². The monoisotopic (exact) mass is 243 g/mol. The smallest absolute Gasteiger partial charge is 0.137 e. The molecule has 0 aliphatic carbocycles. The molecule has 0 amide bonds. The maximum Gasteiger partial charge on any atom is 0.137 e. The van der Waals surface area contributed by atoms with Crippen LogP contribution in [-0.4, -0.2) is 25.9 Å². The molecule has 0 aromatic heterocycles. The highest BCUT2D eigenvalue weighted by Gasteiger charge is 2.06. The first-order valence-corrected chi connectivity index (χ1v) is 5.84. The van der Waals surface area contributed by atoms with Gasteiger partial charge in [-0.3, -0.25) is 0 Å². The Bertz CT molecular complexity index is 307. The minimum Gasteiger partial charge on any atom is -0.492 e. The number of para-hydroxylation sites is 1. The molecule has 0 spiro atoms.